The highest BCUT2D eigenvalue weighted by molar-refractivity contribution is 6.74. The van der Waals surface area contributed by atoms with Crippen LogP contribution in [0.5, 0.6) is 0 Å². The van der Waals surface area contributed by atoms with Crippen LogP contribution in [0.15, 0.2) is 6.33 Å². The fraction of sp³-hybridized carbons (Fsp3) is 0.739. The molecule has 1 amide bonds. The van der Waals surface area contributed by atoms with Gasteiger partial charge in [-0.25, -0.2) is 9.37 Å². The Balaban J connectivity index is 2.11. The molecule has 0 unspecified atom stereocenters. The van der Waals surface area contributed by atoms with Crippen LogP contribution >= 0.6 is 0 Å². The lowest BCUT2D eigenvalue weighted by molar-refractivity contribution is -0.146. The molecule has 0 bridgehead atoms. The molecule has 2 aromatic heterocycles. The Labute approximate surface area is 212 Å². The molecular formula is C23H39FN6O5Si. The van der Waals surface area contributed by atoms with Gasteiger partial charge in [-0.1, -0.05) is 34.6 Å². The van der Waals surface area contributed by atoms with Gasteiger partial charge < -0.3 is 24.3 Å². The molecule has 0 aliphatic carbocycles. The Morgan fingerprint density at radius 2 is 1.92 bits per heavy atom. The maximum Gasteiger partial charge on any atom is 0.233 e. The van der Waals surface area contributed by atoms with Gasteiger partial charge in [-0.2, -0.15) is 9.97 Å². The summed E-state index contributed by atoms with van der Waals surface area (Å²) in [6, 6.07) is 0. The van der Waals surface area contributed by atoms with Crippen molar-refractivity contribution in [1.29, 1.82) is 0 Å². The molecule has 36 heavy (non-hydrogen) atoms. The van der Waals surface area contributed by atoms with Crippen molar-refractivity contribution in [1.82, 2.24) is 19.5 Å². The number of fused-ring (bicyclic) bond motifs is 1. The number of rotatable bonds is 8. The smallest absolute Gasteiger partial charge is 0.233 e. The summed E-state index contributed by atoms with van der Waals surface area (Å²) in [4.78, 5) is 27.3. The van der Waals surface area contributed by atoms with Crippen LogP contribution in [0.1, 0.15) is 40.8 Å². The molecule has 3 N–H and O–H groups in total. The number of carbonyl (C=O) groups is 1. The SMILES string of the molecule is CC(C)C(=O)Nc1nc(N(C)C)c2ncn([C@@H]3OC(CO)(CO)[C@@H](O[Si](C)(C)C(C)(C)C)[C@H]3F)c2n1. The first-order valence-electron chi connectivity index (χ1n) is 12.0. The molecule has 3 atom stereocenters. The van der Waals surface area contributed by atoms with Crippen LogP contribution < -0.4 is 10.2 Å². The van der Waals surface area contributed by atoms with Crippen LogP contribution in [0.2, 0.25) is 18.1 Å². The molecule has 3 heterocycles. The van der Waals surface area contributed by atoms with Gasteiger partial charge in [-0.3, -0.25) is 14.7 Å². The van der Waals surface area contributed by atoms with Crippen molar-refractivity contribution in [2.45, 2.75) is 76.9 Å². The third-order valence-corrected chi connectivity index (χ3v) is 11.5. The minimum absolute atomic E-state index is 0.0460. The van der Waals surface area contributed by atoms with Crippen LogP contribution in [0.25, 0.3) is 11.2 Å². The van der Waals surface area contributed by atoms with Gasteiger partial charge in [0, 0.05) is 20.0 Å². The number of nitrogens with one attached hydrogen (secondary N) is 1. The molecule has 0 saturated carbocycles. The highest BCUT2D eigenvalue weighted by atomic mass is 28.4. The number of anilines is 2. The Morgan fingerprint density at radius 1 is 1.31 bits per heavy atom. The van der Waals surface area contributed by atoms with Crippen molar-refractivity contribution in [3.8, 4) is 0 Å². The number of halogens is 1. The van der Waals surface area contributed by atoms with Gasteiger partial charge in [0.05, 0.1) is 19.5 Å². The number of alkyl halides is 1. The van der Waals surface area contributed by atoms with Crippen LogP contribution in [-0.2, 0) is 14.0 Å². The second-order valence-electron chi connectivity index (χ2n) is 11.4. The van der Waals surface area contributed by atoms with Gasteiger partial charge in [0.25, 0.3) is 0 Å². The van der Waals surface area contributed by atoms with E-state index < -0.39 is 45.6 Å². The van der Waals surface area contributed by atoms with E-state index in [1.165, 1.54) is 10.9 Å². The van der Waals surface area contributed by atoms with E-state index in [0.717, 1.165) is 0 Å². The first-order valence-corrected chi connectivity index (χ1v) is 14.9. The van der Waals surface area contributed by atoms with Crippen LogP contribution in [0.3, 0.4) is 0 Å². The molecule has 1 aliphatic heterocycles. The number of nitrogens with zero attached hydrogens (tertiary/aromatic N) is 5. The van der Waals surface area contributed by atoms with Crippen LogP contribution in [0.4, 0.5) is 16.2 Å². The van der Waals surface area contributed by atoms with Gasteiger partial charge in [0.1, 0.15) is 11.7 Å². The quantitative estimate of drug-likeness (QED) is 0.443. The maximum atomic E-state index is 16.2. The lowest BCUT2D eigenvalue weighted by Gasteiger charge is -2.42. The summed E-state index contributed by atoms with van der Waals surface area (Å²) < 4.78 is 30.0. The van der Waals surface area contributed by atoms with Crippen LogP contribution in [-0.4, -0.2) is 89.1 Å². The molecule has 13 heteroatoms. The number of ether oxygens (including phenoxy) is 1. The number of amides is 1. The normalized spacial score (nSPS) is 22.4. The summed E-state index contributed by atoms with van der Waals surface area (Å²) in [7, 11) is 1.03. The summed E-state index contributed by atoms with van der Waals surface area (Å²) in [6.07, 6.45) is -2.87. The van der Waals surface area contributed by atoms with Crippen molar-refractivity contribution in [2.75, 3.05) is 37.5 Å². The average molecular weight is 527 g/mol. The molecule has 0 radical (unpaired) electrons. The lowest BCUT2D eigenvalue weighted by atomic mass is 9.98. The predicted octanol–water partition coefficient (Wildman–Crippen LogP) is 2.47. The topological polar surface area (TPSA) is 135 Å². The van der Waals surface area contributed by atoms with E-state index in [1.54, 1.807) is 32.8 Å². The largest absolute Gasteiger partial charge is 0.408 e. The highest BCUT2D eigenvalue weighted by Crippen LogP contribution is 2.46. The predicted molar refractivity (Wildman–Crippen MR) is 137 cm³/mol. The van der Waals surface area contributed by atoms with Gasteiger partial charge in [-0.05, 0) is 18.1 Å². The van der Waals surface area contributed by atoms with Crippen molar-refractivity contribution in [2.24, 2.45) is 5.92 Å². The number of aliphatic hydroxyl groups excluding tert-OH is 2. The van der Waals surface area contributed by atoms with Crippen molar-refractivity contribution < 1.29 is 28.6 Å². The second-order valence-corrected chi connectivity index (χ2v) is 16.1. The number of imidazole rings is 1. The Morgan fingerprint density at radius 3 is 2.42 bits per heavy atom. The molecule has 1 saturated heterocycles. The van der Waals surface area contributed by atoms with Gasteiger partial charge in [0.15, 0.2) is 37.7 Å². The van der Waals surface area contributed by atoms with E-state index in [2.05, 4.69) is 20.3 Å². The fourth-order valence-electron chi connectivity index (χ4n) is 3.70. The summed E-state index contributed by atoms with van der Waals surface area (Å²) in [5.41, 5.74) is -1.05. The number of carbonyl (C=O) groups excluding carboxylic acids is 1. The molecular weight excluding hydrogens is 487 g/mol. The highest BCUT2D eigenvalue weighted by Gasteiger charge is 2.59. The van der Waals surface area contributed by atoms with E-state index in [4.69, 9.17) is 9.16 Å². The average Bonchev–Trinajstić information content (AvgIpc) is 3.31. The first kappa shape index (κ1) is 28.4. The molecule has 0 aromatic carbocycles. The minimum Gasteiger partial charge on any atom is -0.408 e. The summed E-state index contributed by atoms with van der Waals surface area (Å²) >= 11 is 0. The monoisotopic (exact) mass is 526 g/mol. The number of aromatic nitrogens is 4. The zero-order valence-electron chi connectivity index (χ0n) is 22.5. The second kappa shape index (κ2) is 9.93. The number of hydrogen-bond acceptors (Lipinski definition) is 9. The maximum absolute atomic E-state index is 16.2. The molecule has 202 valence electrons. The zero-order valence-corrected chi connectivity index (χ0v) is 23.5. The van der Waals surface area contributed by atoms with Gasteiger partial charge >= 0.3 is 0 Å². The fourth-order valence-corrected chi connectivity index (χ4v) is 5.04. The third kappa shape index (κ3) is 4.99. The summed E-state index contributed by atoms with van der Waals surface area (Å²) in [5.74, 6) is -0.0954. The van der Waals surface area contributed by atoms with Crippen LogP contribution in [0, 0.1) is 5.92 Å². The first-order chi connectivity index (χ1) is 16.6. The van der Waals surface area contributed by atoms with Crippen molar-refractivity contribution in [3.05, 3.63) is 6.33 Å². The Bertz CT molecular complexity index is 1100. The third-order valence-electron chi connectivity index (χ3n) is 7.06. The zero-order chi connectivity index (χ0) is 27.2. The molecule has 1 fully saturated rings. The van der Waals surface area contributed by atoms with Gasteiger partial charge in [0.2, 0.25) is 11.9 Å². The number of aliphatic hydroxyl groups is 2. The van der Waals surface area contributed by atoms with Gasteiger partial charge in [-0.15, -0.1) is 0 Å². The molecule has 11 nitrogen and oxygen atoms in total. The van der Waals surface area contributed by atoms with E-state index in [9.17, 15) is 15.0 Å². The Kier molecular flexibility index (Phi) is 7.83. The van der Waals surface area contributed by atoms with E-state index in [0.29, 0.717) is 11.3 Å². The molecule has 2 aromatic rings. The Hall–Kier alpha value is -2.19. The molecule has 1 aliphatic rings. The van der Waals surface area contributed by atoms with E-state index in [-0.39, 0.29) is 28.5 Å². The molecule has 3 rings (SSSR count). The summed E-state index contributed by atoms with van der Waals surface area (Å²) in [5, 5.41) is 22.9. The number of hydrogen-bond donors (Lipinski definition) is 3. The minimum atomic E-state index is -2.51. The van der Waals surface area contributed by atoms with Crippen molar-refractivity contribution in [3.63, 3.8) is 0 Å². The van der Waals surface area contributed by atoms with Crippen molar-refractivity contribution >= 4 is 37.2 Å². The van der Waals surface area contributed by atoms with E-state index in [1.807, 2.05) is 33.9 Å². The standard InChI is InChI=1S/C23H39FN6O5Si/c1-13(2)19(33)28-21-26-17(29(6)7)15-18(27-21)30(12-25-15)20-14(24)16(23(10-31,11-32)34-20)35-36(8,9)22(3,4)5/h12-14,16,20,31-32H,10-11H2,1-9H3,(H,26,27,28,33)/t14-,16+,20-/m1/s1. The summed E-state index contributed by atoms with van der Waals surface area (Å²) in [6.45, 7) is 12.2. The van der Waals surface area contributed by atoms with E-state index >= 15 is 4.39 Å². The molecule has 0 spiro atoms. The lowest BCUT2D eigenvalue weighted by Crippen LogP contribution is -2.56.